The lowest BCUT2D eigenvalue weighted by Gasteiger charge is -2.33. The van der Waals surface area contributed by atoms with Crippen molar-refractivity contribution in [2.75, 3.05) is 31.0 Å². The van der Waals surface area contributed by atoms with E-state index in [1.807, 2.05) is 44.2 Å². The molecule has 38 heavy (non-hydrogen) atoms. The third-order valence-electron chi connectivity index (χ3n) is 6.16. The number of rotatable bonds is 13. The number of carbonyl (C=O) groups is 2. The highest BCUT2D eigenvalue weighted by molar-refractivity contribution is 7.92. The quantitative estimate of drug-likeness (QED) is 0.357. The predicted molar refractivity (Wildman–Crippen MR) is 149 cm³/mol. The van der Waals surface area contributed by atoms with Crippen LogP contribution in [0.4, 0.5) is 5.69 Å². The fraction of sp³-hybridized carbons (Fsp3) is 0.310. The predicted octanol–water partition coefficient (Wildman–Crippen LogP) is 3.88. The number of hydrogen-bond donors (Lipinski definition) is 1. The van der Waals surface area contributed by atoms with E-state index < -0.39 is 28.5 Å². The highest BCUT2D eigenvalue weighted by atomic mass is 32.2. The van der Waals surface area contributed by atoms with Gasteiger partial charge in [0.25, 0.3) is 10.0 Å². The molecule has 0 saturated heterocycles. The largest absolute Gasteiger partial charge is 0.494 e. The van der Waals surface area contributed by atoms with Gasteiger partial charge >= 0.3 is 0 Å². The molecule has 0 spiro atoms. The monoisotopic (exact) mass is 537 g/mol. The van der Waals surface area contributed by atoms with Crippen LogP contribution in [0.3, 0.4) is 0 Å². The van der Waals surface area contributed by atoms with Crippen LogP contribution >= 0.6 is 0 Å². The van der Waals surface area contributed by atoms with Crippen LogP contribution < -0.4 is 14.4 Å². The number of hydrogen-bond acceptors (Lipinski definition) is 5. The Hall–Kier alpha value is -3.85. The summed E-state index contributed by atoms with van der Waals surface area (Å²) >= 11 is 0. The Labute approximate surface area is 225 Å². The van der Waals surface area contributed by atoms with Gasteiger partial charge in [0.15, 0.2) is 0 Å². The third-order valence-corrected chi connectivity index (χ3v) is 7.95. The SMILES string of the molecule is CCOc1ccc(N(CC(=O)N(CCc2ccccc2)[C@H](CC)C(=O)NC)S(=O)(=O)c2ccccc2)cc1. The second-order valence-corrected chi connectivity index (χ2v) is 10.5. The summed E-state index contributed by atoms with van der Waals surface area (Å²) in [6, 6.07) is 23.5. The Morgan fingerprint density at radius 2 is 1.50 bits per heavy atom. The molecule has 9 heteroatoms. The molecule has 202 valence electrons. The van der Waals surface area contributed by atoms with Gasteiger partial charge in [0, 0.05) is 13.6 Å². The van der Waals surface area contributed by atoms with Crippen molar-refractivity contribution in [3.05, 3.63) is 90.5 Å². The lowest BCUT2D eigenvalue weighted by atomic mass is 10.1. The molecule has 3 aromatic carbocycles. The minimum Gasteiger partial charge on any atom is -0.494 e. The van der Waals surface area contributed by atoms with Crippen LogP contribution in [-0.2, 0) is 26.0 Å². The van der Waals surface area contributed by atoms with Crippen molar-refractivity contribution >= 4 is 27.5 Å². The standard InChI is InChI=1S/C29H35N3O5S/c1-4-27(29(34)30-3)31(21-20-23-12-8-6-9-13-23)28(33)22-32(24-16-18-25(19-17-24)37-5-2)38(35,36)26-14-10-7-11-15-26/h6-19,27H,4-5,20-22H2,1-3H3,(H,30,34)/t27-/m1/s1. The van der Waals surface area contributed by atoms with Crippen LogP contribution in [0.5, 0.6) is 5.75 Å². The Bertz CT molecular complexity index is 1280. The van der Waals surface area contributed by atoms with Crippen LogP contribution in [0, 0.1) is 0 Å². The number of carbonyl (C=O) groups excluding carboxylic acids is 2. The Morgan fingerprint density at radius 1 is 0.895 bits per heavy atom. The summed E-state index contributed by atoms with van der Waals surface area (Å²) in [6.45, 7) is 3.95. The molecule has 0 radical (unpaired) electrons. The van der Waals surface area contributed by atoms with E-state index in [9.17, 15) is 18.0 Å². The van der Waals surface area contributed by atoms with Gasteiger partial charge in [-0.3, -0.25) is 13.9 Å². The fourth-order valence-corrected chi connectivity index (χ4v) is 5.62. The smallest absolute Gasteiger partial charge is 0.264 e. The molecule has 0 aliphatic rings. The number of benzene rings is 3. The lowest BCUT2D eigenvalue weighted by molar-refractivity contribution is -0.139. The molecule has 0 heterocycles. The van der Waals surface area contributed by atoms with Crippen molar-refractivity contribution in [2.45, 2.75) is 37.6 Å². The van der Waals surface area contributed by atoms with Crippen molar-refractivity contribution in [2.24, 2.45) is 0 Å². The summed E-state index contributed by atoms with van der Waals surface area (Å²) in [7, 11) is -2.56. The van der Waals surface area contributed by atoms with E-state index in [0.717, 1.165) is 9.87 Å². The molecular formula is C29H35N3O5S. The van der Waals surface area contributed by atoms with Crippen LogP contribution in [0.1, 0.15) is 25.8 Å². The number of likely N-dealkylation sites (N-methyl/N-ethyl adjacent to an activating group) is 1. The molecule has 0 aliphatic heterocycles. The topological polar surface area (TPSA) is 96.0 Å². The molecule has 0 aliphatic carbocycles. The molecule has 3 rings (SSSR count). The Balaban J connectivity index is 1.98. The molecule has 0 aromatic heterocycles. The van der Waals surface area contributed by atoms with Gasteiger partial charge < -0.3 is 15.0 Å². The first-order valence-corrected chi connectivity index (χ1v) is 14.1. The van der Waals surface area contributed by atoms with Gasteiger partial charge in [0.2, 0.25) is 11.8 Å². The van der Waals surface area contributed by atoms with Gasteiger partial charge in [0.05, 0.1) is 17.2 Å². The van der Waals surface area contributed by atoms with Crippen molar-refractivity contribution in [3.63, 3.8) is 0 Å². The first-order chi connectivity index (χ1) is 18.3. The summed E-state index contributed by atoms with van der Waals surface area (Å²) < 4.78 is 34.1. The average Bonchev–Trinajstić information content (AvgIpc) is 2.95. The normalized spacial score (nSPS) is 11.9. The van der Waals surface area contributed by atoms with E-state index in [-0.39, 0.29) is 17.3 Å². The van der Waals surface area contributed by atoms with Gasteiger partial charge in [-0.15, -0.1) is 0 Å². The van der Waals surface area contributed by atoms with E-state index in [1.165, 1.54) is 24.1 Å². The number of anilines is 1. The molecule has 8 nitrogen and oxygen atoms in total. The van der Waals surface area contributed by atoms with E-state index in [0.29, 0.717) is 30.9 Å². The number of ether oxygens (including phenoxy) is 1. The third kappa shape index (κ3) is 7.13. The molecule has 0 bridgehead atoms. The van der Waals surface area contributed by atoms with Crippen LogP contribution in [-0.4, -0.2) is 57.9 Å². The first kappa shape index (κ1) is 28.7. The number of sulfonamides is 1. The van der Waals surface area contributed by atoms with Crippen LogP contribution in [0.25, 0.3) is 0 Å². The van der Waals surface area contributed by atoms with Crippen molar-refractivity contribution in [3.8, 4) is 5.75 Å². The zero-order chi connectivity index (χ0) is 27.5. The van der Waals surface area contributed by atoms with E-state index >= 15 is 0 Å². The summed E-state index contributed by atoms with van der Waals surface area (Å²) in [5, 5.41) is 2.63. The highest BCUT2D eigenvalue weighted by Crippen LogP contribution is 2.26. The average molecular weight is 538 g/mol. The first-order valence-electron chi connectivity index (χ1n) is 12.7. The molecule has 1 N–H and O–H groups in total. The minimum atomic E-state index is -4.09. The molecule has 0 fully saturated rings. The summed E-state index contributed by atoms with van der Waals surface area (Å²) in [6.07, 6.45) is 0.906. The Kier molecular flexibility index (Phi) is 10.3. The van der Waals surface area contributed by atoms with Crippen molar-refractivity contribution in [1.82, 2.24) is 10.2 Å². The van der Waals surface area contributed by atoms with Gasteiger partial charge in [-0.05, 0) is 61.7 Å². The minimum absolute atomic E-state index is 0.0656. The van der Waals surface area contributed by atoms with Crippen LogP contribution in [0.2, 0.25) is 0 Å². The van der Waals surface area contributed by atoms with Gasteiger partial charge in [-0.1, -0.05) is 55.5 Å². The van der Waals surface area contributed by atoms with E-state index in [2.05, 4.69) is 5.32 Å². The second-order valence-electron chi connectivity index (χ2n) is 8.61. The number of nitrogens with one attached hydrogen (secondary N) is 1. The van der Waals surface area contributed by atoms with Gasteiger partial charge in [-0.2, -0.15) is 0 Å². The van der Waals surface area contributed by atoms with E-state index in [1.54, 1.807) is 42.5 Å². The van der Waals surface area contributed by atoms with Gasteiger partial charge in [0.1, 0.15) is 18.3 Å². The van der Waals surface area contributed by atoms with Crippen LogP contribution in [0.15, 0.2) is 89.8 Å². The molecule has 3 aromatic rings. The summed E-state index contributed by atoms with van der Waals surface area (Å²) in [5.41, 5.74) is 1.33. The lowest BCUT2D eigenvalue weighted by Crippen LogP contribution is -2.52. The Morgan fingerprint density at radius 3 is 2.05 bits per heavy atom. The molecule has 2 amide bonds. The van der Waals surface area contributed by atoms with Crippen molar-refractivity contribution in [1.29, 1.82) is 0 Å². The summed E-state index contributed by atoms with van der Waals surface area (Å²) in [4.78, 5) is 28.1. The molecule has 0 saturated carbocycles. The zero-order valence-electron chi connectivity index (χ0n) is 22.0. The maximum absolute atomic E-state index is 13.8. The fourth-order valence-electron chi connectivity index (χ4n) is 4.19. The maximum atomic E-state index is 13.8. The van der Waals surface area contributed by atoms with Crippen molar-refractivity contribution < 1.29 is 22.7 Å². The molecular weight excluding hydrogens is 502 g/mol. The highest BCUT2D eigenvalue weighted by Gasteiger charge is 2.33. The molecule has 1 atom stereocenters. The number of nitrogens with zero attached hydrogens (tertiary/aromatic N) is 2. The number of amides is 2. The van der Waals surface area contributed by atoms with Gasteiger partial charge in [-0.25, -0.2) is 8.42 Å². The summed E-state index contributed by atoms with van der Waals surface area (Å²) in [5.74, 6) is -0.174. The zero-order valence-corrected chi connectivity index (χ0v) is 22.9. The maximum Gasteiger partial charge on any atom is 0.264 e. The molecule has 0 unspecified atom stereocenters. The van der Waals surface area contributed by atoms with E-state index in [4.69, 9.17) is 4.74 Å². The second kappa shape index (κ2) is 13.6.